The second kappa shape index (κ2) is 6.73. The van der Waals surface area contributed by atoms with Crippen LogP contribution in [0.2, 0.25) is 5.02 Å². The Morgan fingerprint density at radius 1 is 1.10 bits per heavy atom. The minimum absolute atomic E-state index is 0.114. The van der Waals surface area contributed by atoms with Crippen molar-refractivity contribution >= 4 is 34.8 Å². The normalized spacial score (nSPS) is 29.9. The first-order valence-corrected chi connectivity index (χ1v) is 10.6. The summed E-state index contributed by atoms with van der Waals surface area (Å²) in [4.78, 5) is 28.3. The molecule has 158 valence electrons. The van der Waals surface area contributed by atoms with Crippen molar-refractivity contribution in [1.29, 1.82) is 0 Å². The maximum Gasteiger partial charge on any atom is 0.234 e. The largest absolute Gasteiger partial charge is 0.486 e. The molecule has 8 heteroatoms. The van der Waals surface area contributed by atoms with Crippen molar-refractivity contribution < 1.29 is 23.8 Å². The third-order valence-electron chi connectivity index (χ3n) is 6.35. The summed E-state index contributed by atoms with van der Waals surface area (Å²) >= 11 is 5.99. The molecular formula is C23H19ClN2O5. The van der Waals surface area contributed by atoms with E-state index in [4.69, 9.17) is 25.8 Å². The van der Waals surface area contributed by atoms with Crippen molar-refractivity contribution in [2.75, 3.05) is 30.0 Å². The molecule has 2 amide bonds. The molecular weight excluding hydrogens is 420 g/mol. The maximum absolute atomic E-state index is 13.4. The van der Waals surface area contributed by atoms with Gasteiger partial charge in [-0.1, -0.05) is 23.8 Å². The lowest BCUT2D eigenvalue weighted by atomic mass is 9.77. The molecule has 2 fully saturated rings. The van der Waals surface area contributed by atoms with Gasteiger partial charge in [0, 0.05) is 22.5 Å². The van der Waals surface area contributed by atoms with E-state index < -0.39 is 23.5 Å². The molecule has 7 nitrogen and oxygen atoms in total. The molecule has 0 unspecified atom stereocenters. The lowest BCUT2D eigenvalue weighted by molar-refractivity contribution is -0.128. The fourth-order valence-corrected chi connectivity index (χ4v) is 5.11. The van der Waals surface area contributed by atoms with Crippen LogP contribution in [0.3, 0.4) is 0 Å². The van der Waals surface area contributed by atoms with E-state index in [1.165, 1.54) is 0 Å². The lowest BCUT2D eigenvalue weighted by Gasteiger charge is -2.24. The van der Waals surface area contributed by atoms with Crippen molar-refractivity contribution in [1.82, 2.24) is 0 Å². The third-order valence-corrected chi connectivity index (χ3v) is 6.60. The van der Waals surface area contributed by atoms with Crippen LogP contribution in [-0.2, 0) is 14.3 Å². The quantitative estimate of drug-likeness (QED) is 0.745. The number of carbonyl (C=O) groups excluding carboxylic acids is 2. The average Bonchev–Trinajstić information content (AvgIpc) is 3.42. The first kappa shape index (κ1) is 18.7. The lowest BCUT2D eigenvalue weighted by Crippen LogP contribution is -2.41. The molecule has 2 aromatic rings. The molecule has 0 aliphatic carbocycles. The fourth-order valence-electron chi connectivity index (χ4n) is 4.98. The van der Waals surface area contributed by atoms with Crippen LogP contribution in [0.1, 0.15) is 0 Å². The Bertz CT molecular complexity index is 1120. The summed E-state index contributed by atoms with van der Waals surface area (Å²) in [7, 11) is 0. The molecule has 4 aliphatic heterocycles. The highest BCUT2D eigenvalue weighted by Gasteiger charge is 2.67. The highest BCUT2D eigenvalue weighted by molar-refractivity contribution is 6.30. The van der Waals surface area contributed by atoms with Gasteiger partial charge in [-0.15, -0.1) is 0 Å². The summed E-state index contributed by atoms with van der Waals surface area (Å²) in [5.74, 6) is -0.298. The van der Waals surface area contributed by atoms with Gasteiger partial charge >= 0.3 is 0 Å². The van der Waals surface area contributed by atoms with Gasteiger partial charge in [0.05, 0.1) is 24.5 Å². The third kappa shape index (κ3) is 2.84. The van der Waals surface area contributed by atoms with Gasteiger partial charge in [0.1, 0.15) is 18.8 Å². The van der Waals surface area contributed by atoms with Crippen LogP contribution >= 0.6 is 11.6 Å². The highest BCUT2D eigenvalue weighted by Crippen LogP contribution is 2.53. The zero-order valence-electron chi connectivity index (χ0n) is 16.4. The Morgan fingerprint density at radius 2 is 1.87 bits per heavy atom. The Hall–Kier alpha value is -3.03. The smallest absolute Gasteiger partial charge is 0.234 e. The van der Waals surface area contributed by atoms with E-state index in [0.717, 1.165) is 5.69 Å². The predicted octanol–water partition coefficient (Wildman–Crippen LogP) is 3.04. The second-order valence-corrected chi connectivity index (χ2v) is 8.58. The van der Waals surface area contributed by atoms with E-state index in [0.29, 0.717) is 42.0 Å². The van der Waals surface area contributed by atoms with Crippen LogP contribution in [0.25, 0.3) is 0 Å². The number of rotatable bonds is 3. The molecule has 2 aromatic carbocycles. The van der Waals surface area contributed by atoms with Crippen LogP contribution in [0, 0.1) is 11.8 Å². The van der Waals surface area contributed by atoms with Gasteiger partial charge in [0.25, 0.3) is 0 Å². The van der Waals surface area contributed by atoms with Crippen LogP contribution in [-0.4, -0.2) is 43.3 Å². The van der Waals surface area contributed by atoms with Gasteiger partial charge in [-0.05, 0) is 36.4 Å². The number of halogens is 1. The summed E-state index contributed by atoms with van der Waals surface area (Å²) in [5, 5.41) is 3.53. The topological polar surface area (TPSA) is 77.1 Å². The van der Waals surface area contributed by atoms with Gasteiger partial charge in [-0.25, -0.2) is 0 Å². The molecule has 2 bridgehead atoms. The minimum Gasteiger partial charge on any atom is -0.486 e. The summed E-state index contributed by atoms with van der Waals surface area (Å²) in [5.41, 5.74) is 0.551. The Balaban J connectivity index is 1.27. The number of hydrogen-bond donors (Lipinski definition) is 1. The summed E-state index contributed by atoms with van der Waals surface area (Å²) in [6.07, 6.45) is 3.41. The van der Waals surface area contributed by atoms with Crippen molar-refractivity contribution in [3.05, 3.63) is 59.6 Å². The molecule has 1 N–H and O–H groups in total. The molecule has 0 saturated carbocycles. The number of hydrogen-bond acceptors (Lipinski definition) is 5. The van der Waals surface area contributed by atoms with Crippen LogP contribution in [0.15, 0.2) is 54.6 Å². The highest BCUT2D eigenvalue weighted by atomic mass is 35.5. The predicted molar refractivity (Wildman–Crippen MR) is 114 cm³/mol. The zero-order valence-corrected chi connectivity index (χ0v) is 17.2. The van der Waals surface area contributed by atoms with Gasteiger partial charge in [0.2, 0.25) is 11.8 Å². The van der Waals surface area contributed by atoms with E-state index in [1.54, 1.807) is 47.4 Å². The molecule has 31 heavy (non-hydrogen) atoms. The molecule has 4 aliphatic rings. The number of anilines is 2. The molecule has 6 rings (SSSR count). The molecule has 2 saturated heterocycles. The monoisotopic (exact) mass is 438 g/mol. The number of carbonyl (C=O) groups is 2. The van der Waals surface area contributed by atoms with E-state index >= 15 is 0 Å². The standard InChI is InChI=1S/C23H19ClN2O5/c24-13-1-4-15(5-2-13)26-12-23-8-7-17(31-23)19(20(23)22(26)28)21(27)25-14-3-6-16-18(11-14)30-10-9-29-16/h1-8,11,17,19-20H,9-10,12H2,(H,25,27)/t17-,19+,20-,23-/m1/s1. The molecule has 4 heterocycles. The molecule has 0 radical (unpaired) electrons. The zero-order chi connectivity index (χ0) is 21.2. The Labute approximate surface area is 183 Å². The Morgan fingerprint density at radius 3 is 2.68 bits per heavy atom. The molecule has 1 spiro atoms. The number of amides is 2. The van der Waals surface area contributed by atoms with Crippen molar-refractivity contribution in [3.63, 3.8) is 0 Å². The first-order valence-electron chi connectivity index (χ1n) is 10.2. The number of ether oxygens (including phenoxy) is 3. The average molecular weight is 439 g/mol. The minimum atomic E-state index is -0.782. The van der Waals surface area contributed by atoms with E-state index in [-0.39, 0.29) is 11.8 Å². The van der Waals surface area contributed by atoms with E-state index in [9.17, 15) is 9.59 Å². The Kier molecular flexibility index (Phi) is 4.07. The van der Waals surface area contributed by atoms with Gasteiger partial charge in [-0.2, -0.15) is 0 Å². The van der Waals surface area contributed by atoms with Crippen LogP contribution in [0.4, 0.5) is 11.4 Å². The second-order valence-electron chi connectivity index (χ2n) is 8.15. The van der Waals surface area contributed by atoms with Crippen LogP contribution in [0.5, 0.6) is 11.5 Å². The number of fused-ring (bicyclic) bond motifs is 2. The van der Waals surface area contributed by atoms with E-state index in [1.807, 2.05) is 12.2 Å². The van der Waals surface area contributed by atoms with Crippen LogP contribution < -0.4 is 19.7 Å². The van der Waals surface area contributed by atoms with Crippen molar-refractivity contribution in [2.45, 2.75) is 11.7 Å². The fraction of sp³-hybridized carbons (Fsp3) is 0.304. The number of nitrogens with one attached hydrogen (secondary N) is 1. The van der Waals surface area contributed by atoms with Gasteiger partial charge < -0.3 is 24.4 Å². The summed E-state index contributed by atoms with van der Waals surface area (Å²) < 4.78 is 17.3. The number of nitrogens with zero attached hydrogens (tertiary/aromatic N) is 1. The van der Waals surface area contributed by atoms with E-state index in [2.05, 4.69) is 5.32 Å². The summed E-state index contributed by atoms with van der Waals surface area (Å²) in [6.45, 7) is 1.34. The van der Waals surface area contributed by atoms with Crippen molar-refractivity contribution in [3.8, 4) is 11.5 Å². The van der Waals surface area contributed by atoms with Gasteiger partial charge in [0.15, 0.2) is 11.5 Å². The molecule has 0 aromatic heterocycles. The SMILES string of the molecule is O=C(Nc1ccc2c(c1)OCCO2)[C@H]1[C@H]2C=C[C@]3(CN(c4ccc(Cl)cc4)C(=O)[C@@H]13)O2. The molecule has 4 atom stereocenters. The summed E-state index contributed by atoms with van der Waals surface area (Å²) in [6, 6.07) is 12.4. The first-order chi connectivity index (χ1) is 15.0. The van der Waals surface area contributed by atoms with Gasteiger partial charge in [-0.3, -0.25) is 9.59 Å². The maximum atomic E-state index is 13.4. The van der Waals surface area contributed by atoms with Crippen molar-refractivity contribution in [2.24, 2.45) is 11.8 Å². The number of benzene rings is 2.